The van der Waals surface area contributed by atoms with Gasteiger partial charge in [-0.25, -0.2) is 0 Å². The number of aryl methyl sites for hydroxylation is 1. The second-order valence-electron chi connectivity index (χ2n) is 5.08. The van der Waals surface area contributed by atoms with Crippen molar-refractivity contribution in [2.75, 3.05) is 29.5 Å². The second kappa shape index (κ2) is 6.98. The SMILES string of the molecule is C=C(C)Nc1cc(N(C)CC(=O)CC)c(CC)cc1N. The zero-order valence-electron chi connectivity index (χ0n) is 12.9. The molecule has 3 N–H and O–H groups in total. The van der Waals surface area contributed by atoms with Crippen LogP contribution in [0.1, 0.15) is 32.8 Å². The summed E-state index contributed by atoms with van der Waals surface area (Å²) in [7, 11) is 1.93. The molecule has 1 rings (SSSR count). The van der Waals surface area contributed by atoms with E-state index in [1.54, 1.807) is 0 Å². The summed E-state index contributed by atoms with van der Waals surface area (Å²) in [4.78, 5) is 13.6. The number of nitrogens with two attached hydrogens (primary N) is 1. The highest BCUT2D eigenvalue weighted by molar-refractivity contribution is 5.84. The molecular formula is C16H25N3O. The van der Waals surface area contributed by atoms with Crippen molar-refractivity contribution in [3.8, 4) is 0 Å². The first kappa shape index (κ1) is 16.1. The molecule has 0 saturated heterocycles. The average Bonchev–Trinajstić information content (AvgIpc) is 2.39. The first-order valence-corrected chi connectivity index (χ1v) is 6.96. The minimum atomic E-state index is 0.223. The number of Topliss-reactive ketones (excluding diaryl/α,β-unsaturated/α-hetero) is 1. The summed E-state index contributed by atoms with van der Waals surface area (Å²) < 4.78 is 0. The van der Waals surface area contributed by atoms with Crippen LogP contribution in [0.25, 0.3) is 0 Å². The van der Waals surface area contributed by atoms with Gasteiger partial charge in [-0.05, 0) is 31.0 Å². The molecule has 0 radical (unpaired) electrons. The first-order chi connectivity index (χ1) is 9.38. The maximum absolute atomic E-state index is 11.6. The van der Waals surface area contributed by atoms with Crippen molar-refractivity contribution in [1.29, 1.82) is 0 Å². The molecule has 1 aromatic rings. The van der Waals surface area contributed by atoms with Gasteiger partial charge in [0, 0.05) is 24.9 Å². The van der Waals surface area contributed by atoms with Gasteiger partial charge < -0.3 is 16.0 Å². The molecule has 0 aliphatic carbocycles. The number of carbonyl (C=O) groups is 1. The fourth-order valence-electron chi connectivity index (χ4n) is 2.09. The Morgan fingerprint density at radius 2 is 2.05 bits per heavy atom. The molecule has 4 nitrogen and oxygen atoms in total. The van der Waals surface area contributed by atoms with Crippen LogP contribution in [0, 0.1) is 0 Å². The molecule has 0 unspecified atom stereocenters. The molecular weight excluding hydrogens is 250 g/mol. The summed E-state index contributed by atoms with van der Waals surface area (Å²) in [6, 6.07) is 3.96. The Morgan fingerprint density at radius 3 is 2.55 bits per heavy atom. The summed E-state index contributed by atoms with van der Waals surface area (Å²) in [5, 5.41) is 3.16. The Kier molecular flexibility index (Phi) is 5.62. The van der Waals surface area contributed by atoms with Crippen LogP contribution in [0.2, 0.25) is 0 Å². The number of hydrogen-bond acceptors (Lipinski definition) is 4. The van der Waals surface area contributed by atoms with Gasteiger partial charge in [0.1, 0.15) is 0 Å². The normalized spacial score (nSPS) is 10.2. The molecule has 0 fully saturated rings. The third-order valence-corrected chi connectivity index (χ3v) is 3.20. The van der Waals surface area contributed by atoms with Gasteiger partial charge in [-0.2, -0.15) is 0 Å². The number of hydrogen-bond donors (Lipinski definition) is 2. The molecule has 0 amide bonds. The molecule has 0 heterocycles. The largest absolute Gasteiger partial charge is 0.397 e. The number of nitrogens with zero attached hydrogens (tertiary/aromatic N) is 1. The smallest absolute Gasteiger partial charge is 0.151 e. The third kappa shape index (κ3) is 4.02. The number of benzene rings is 1. The van der Waals surface area contributed by atoms with E-state index in [1.807, 2.05) is 37.9 Å². The lowest BCUT2D eigenvalue weighted by molar-refractivity contribution is -0.117. The van der Waals surface area contributed by atoms with Crippen LogP contribution >= 0.6 is 0 Å². The molecule has 0 bridgehead atoms. The van der Waals surface area contributed by atoms with E-state index in [9.17, 15) is 4.79 Å². The number of allylic oxidation sites excluding steroid dienone is 1. The zero-order valence-corrected chi connectivity index (χ0v) is 12.9. The predicted molar refractivity (Wildman–Crippen MR) is 87.2 cm³/mol. The Bertz CT molecular complexity index is 509. The molecule has 0 spiro atoms. The van der Waals surface area contributed by atoms with Gasteiger partial charge in [-0.3, -0.25) is 4.79 Å². The maximum Gasteiger partial charge on any atom is 0.151 e. The first-order valence-electron chi connectivity index (χ1n) is 6.96. The van der Waals surface area contributed by atoms with Gasteiger partial charge >= 0.3 is 0 Å². The number of ketones is 1. The van der Waals surface area contributed by atoms with E-state index in [-0.39, 0.29) is 5.78 Å². The van der Waals surface area contributed by atoms with E-state index < -0.39 is 0 Å². The summed E-state index contributed by atoms with van der Waals surface area (Å²) in [5.41, 5.74) is 10.6. The predicted octanol–water partition coefficient (Wildman–Crippen LogP) is 3.19. The van der Waals surface area contributed by atoms with Crippen LogP contribution in [-0.2, 0) is 11.2 Å². The summed E-state index contributed by atoms with van der Waals surface area (Å²) in [5.74, 6) is 0.223. The van der Waals surface area contributed by atoms with Crippen LogP contribution in [0.15, 0.2) is 24.4 Å². The molecule has 4 heteroatoms. The Hall–Kier alpha value is -1.97. The molecule has 0 aliphatic heterocycles. The highest BCUT2D eigenvalue weighted by Gasteiger charge is 2.13. The highest BCUT2D eigenvalue weighted by atomic mass is 16.1. The van der Waals surface area contributed by atoms with Crippen molar-refractivity contribution in [2.24, 2.45) is 0 Å². The standard InChI is InChI=1S/C16H25N3O/c1-6-12-8-14(17)15(18-11(3)4)9-16(12)19(5)10-13(20)7-2/h8-9,18H,3,6-7,10,17H2,1-2,4-5H3. The van der Waals surface area contributed by atoms with Gasteiger partial charge in [0.25, 0.3) is 0 Å². The Morgan fingerprint density at radius 1 is 1.40 bits per heavy atom. The van der Waals surface area contributed by atoms with Crippen molar-refractivity contribution < 1.29 is 4.79 Å². The van der Waals surface area contributed by atoms with E-state index in [0.29, 0.717) is 18.7 Å². The molecule has 0 saturated carbocycles. The fourth-order valence-corrected chi connectivity index (χ4v) is 2.09. The monoisotopic (exact) mass is 275 g/mol. The molecule has 0 aromatic heterocycles. The number of nitrogens with one attached hydrogen (secondary N) is 1. The van der Waals surface area contributed by atoms with E-state index >= 15 is 0 Å². The number of carbonyl (C=O) groups excluding carboxylic acids is 1. The second-order valence-corrected chi connectivity index (χ2v) is 5.08. The minimum Gasteiger partial charge on any atom is -0.397 e. The van der Waals surface area contributed by atoms with E-state index in [2.05, 4.69) is 18.8 Å². The van der Waals surface area contributed by atoms with Gasteiger partial charge in [0.15, 0.2) is 5.78 Å². The zero-order chi connectivity index (χ0) is 15.3. The van der Waals surface area contributed by atoms with Crippen LogP contribution < -0.4 is 16.0 Å². The lowest BCUT2D eigenvalue weighted by atomic mass is 10.1. The van der Waals surface area contributed by atoms with Crippen LogP contribution in [-0.4, -0.2) is 19.4 Å². The Labute approximate surface area is 121 Å². The van der Waals surface area contributed by atoms with E-state index in [0.717, 1.165) is 29.1 Å². The summed E-state index contributed by atoms with van der Waals surface area (Å²) in [6.45, 7) is 10.1. The number of rotatable bonds is 7. The van der Waals surface area contributed by atoms with Crippen molar-refractivity contribution in [2.45, 2.75) is 33.6 Å². The number of anilines is 3. The number of likely N-dealkylation sites (N-methyl/N-ethyl adjacent to an activating group) is 1. The molecule has 0 atom stereocenters. The van der Waals surface area contributed by atoms with Crippen molar-refractivity contribution in [3.05, 3.63) is 30.0 Å². The van der Waals surface area contributed by atoms with Gasteiger partial charge in [-0.1, -0.05) is 20.4 Å². The van der Waals surface area contributed by atoms with Crippen molar-refractivity contribution in [3.63, 3.8) is 0 Å². The molecule has 20 heavy (non-hydrogen) atoms. The number of nitrogen functional groups attached to an aromatic ring is 1. The summed E-state index contributed by atoms with van der Waals surface area (Å²) in [6.07, 6.45) is 1.43. The molecule has 110 valence electrons. The van der Waals surface area contributed by atoms with Crippen LogP contribution in [0.3, 0.4) is 0 Å². The topological polar surface area (TPSA) is 58.4 Å². The minimum absolute atomic E-state index is 0.223. The third-order valence-electron chi connectivity index (χ3n) is 3.20. The summed E-state index contributed by atoms with van der Waals surface area (Å²) >= 11 is 0. The van der Waals surface area contributed by atoms with Crippen LogP contribution in [0.4, 0.5) is 17.1 Å². The lowest BCUT2D eigenvalue weighted by Gasteiger charge is -2.23. The quantitative estimate of drug-likeness (QED) is 0.750. The van der Waals surface area contributed by atoms with Crippen LogP contribution in [0.5, 0.6) is 0 Å². The van der Waals surface area contributed by atoms with Gasteiger partial charge in [-0.15, -0.1) is 0 Å². The van der Waals surface area contributed by atoms with E-state index in [4.69, 9.17) is 5.73 Å². The van der Waals surface area contributed by atoms with Gasteiger partial charge in [0.2, 0.25) is 0 Å². The Balaban J connectivity index is 3.14. The average molecular weight is 275 g/mol. The fraction of sp³-hybridized carbons (Fsp3) is 0.438. The molecule has 1 aromatic carbocycles. The highest BCUT2D eigenvalue weighted by Crippen LogP contribution is 2.30. The van der Waals surface area contributed by atoms with Gasteiger partial charge in [0.05, 0.1) is 17.9 Å². The lowest BCUT2D eigenvalue weighted by Crippen LogP contribution is -2.26. The van der Waals surface area contributed by atoms with Crippen molar-refractivity contribution >= 4 is 22.8 Å². The van der Waals surface area contributed by atoms with Crippen molar-refractivity contribution in [1.82, 2.24) is 0 Å². The molecule has 0 aliphatic rings. The maximum atomic E-state index is 11.6. The van der Waals surface area contributed by atoms with E-state index in [1.165, 1.54) is 0 Å².